The number of aliphatic hydroxyl groups is 1. The standard InChI is InChI=1S/C11H9F3O/c1-11(2,15)4-3-7-5-9(13)10(14)6-8(7)12/h5-6,15H,1-2H3. The van der Waals surface area contributed by atoms with E-state index in [1.54, 1.807) is 0 Å². The van der Waals surface area contributed by atoms with Gasteiger partial charge in [0.1, 0.15) is 11.4 Å². The highest BCUT2D eigenvalue weighted by atomic mass is 19.2. The Morgan fingerprint density at radius 3 is 2.13 bits per heavy atom. The van der Waals surface area contributed by atoms with Crippen molar-refractivity contribution in [1.29, 1.82) is 0 Å². The van der Waals surface area contributed by atoms with Crippen molar-refractivity contribution in [2.75, 3.05) is 0 Å². The molecule has 0 aliphatic carbocycles. The molecule has 1 aromatic rings. The van der Waals surface area contributed by atoms with Crippen molar-refractivity contribution in [3.63, 3.8) is 0 Å². The van der Waals surface area contributed by atoms with Gasteiger partial charge in [-0.3, -0.25) is 0 Å². The number of hydrogen-bond donors (Lipinski definition) is 1. The van der Waals surface area contributed by atoms with Crippen LogP contribution in [0.3, 0.4) is 0 Å². The van der Waals surface area contributed by atoms with Gasteiger partial charge >= 0.3 is 0 Å². The van der Waals surface area contributed by atoms with Crippen LogP contribution in [-0.2, 0) is 0 Å². The maximum atomic E-state index is 13.0. The molecule has 4 heteroatoms. The summed E-state index contributed by atoms with van der Waals surface area (Å²) in [6.45, 7) is 2.80. The van der Waals surface area contributed by atoms with Crippen molar-refractivity contribution in [1.82, 2.24) is 0 Å². The van der Waals surface area contributed by atoms with Gasteiger partial charge in [-0.25, -0.2) is 13.2 Å². The smallest absolute Gasteiger partial charge is 0.161 e. The fourth-order valence-corrected chi connectivity index (χ4v) is 0.839. The maximum absolute atomic E-state index is 13.0. The van der Waals surface area contributed by atoms with Crippen LogP contribution in [0.25, 0.3) is 0 Å². The molecule has 0 fully saturated rings. The Balaban J connectivity index is 3.15. The first-order chi connectivity index (χ1) is 6.79. The summed E-state index contributed by atoms with van der Waals surface area (Å²) in [4.78, 5) is 0. The summed E-state index contributed by atoms with van der Waals surface area (Å²) in [5, 5.41) is 9.23. The zero-order valence-corrected chi connectivity index (χ0v) is 8.24. The molecule has 0 heterocycles. The zero-order chi connectivity index (χ0) is 11.6. The molecule has 15 heavy (non-hydrogen) atoms. The summed E-state index contributed by atoms with van der Waals surface area (Å²) in [7, 11) is 0. The van der Waals surface area contributed by atoms with Crippen molar-refractivity contribution in [2.24, 2.45) is 0 Å². The molecule has 1 aromatic carbocycles. The Morgan fingerprint density at radius 1 is 1.07 bits per heavy atom. The Labute approximate surface area is 85.5 Å². The van der Waals surface area contributed by atoms with Crippen LogP contribution in [0.4, 0.5) is 13.2 Å². The number of halogens is 3. The SMILES string of the molecule is CC(C)(O)C#Cc1cc(F)c(F)cc1F. The summed E-state index contributed by atoms with van der Waals surface area (Å²) < 4.78 is 38.2. The fraction of sp³-hybridized carbons (Fsp3) is 0.273. The first-order valence-corrected chi connectivity index (χ1v) is 4.20. The first-order valence-electron chi connectivity index (χ1n) is 4.20. The number of benzene rings is 1. The van der Waals surface area contributed by atoms with E-state index >= 15 is 0 Å². The molecule has 0 radical (unpaired) electrons. The van der Waals surface area contributed by atoms with Crippen molar-refractivity contribution in [2.45, 2.75) is 19.4 Å². The molecule has 1 N–H and O–H groups in total. The fourth-order valence-electron chi connectivity index (χ4n) is 0.839. The summed E-state index contributed by atoms with van der Waals surface area (Å²) in [5.41, 5.74) is -1.59. The van der Waals surface area contributed by atoms with Crippen LogP contribution in [0.5, 0.6) is 0 Å². The van der Waals surface area contributed by atoms with Crippen LogP contribution in [0.2, 0.25) is 0 Å². The van der Waals surface area contributed by atoms with Gasteiger partial charge < -0.3 is 5.11 Å². The van der Waals surface area contributed by atoms with Crippen molar-refractivity contribution in [3.05, 3.63) is 35.1 Å². The summed E-state index contributed by atoms with van der Waals surface area (Å²) in [6, 6.07) is 1.08. The molecule has 0 atom stereocenters. The lowest BCUT2D eigenvalue weighted by atomic mass is 10.1. The van der Waals surface area contributed by atoms with E-state index in [2.05, 4.69) is 11.8 Å². The zero-order valence-electron chi connectivity index (χ0n) is 8.24. The average molecular weight is 214 g/mol. The second-order valence-electron chi connectivity index (χ2n) is 3.56. The lowest BCUT2D eigenvalue weighted by molar-refractivity contribution is 0.143. The summed E-state index contributed by atoms with van der Waals surface area (Å²) in [6.07, 6.45) is 0. The van der Waals surface area contributed by atoms with Crippen LogP contribution in [0.15, 0.2) is 12.1 Å². The predicted molar refractivity (Wildman–Crippen MR) is 49.5 cm³/mol. The number of rotatable bonds is 0. The normalized spacial score (nSPS) is 10.8. The van der Waals surface area contributed by atoms with Gasteiger partial charge in [0.25, 0.3) is 0 Å². The van der Waals surface area contributed by atoms with Gasteiger partial charge in [-0.2, -0.15) is 0 Å². The van der Waals surface area contributed by atoms with E-state index < -0.39 is 23.1 Å². The monoisotopic (exact) mass is 214 g/mol. The lowest BCUT2D eigenvalue weighted by Gasteiger charge is -2.06. The van der Waals surface area contributed by atoms with Gasteiger partial charge in [0.2, 0.25) is 0 Å². The summed E-state index contributed by atoms with van der Waals surface area (Å²) >= 11 is 0. The lowest BCUT2D eigenvalue weighted by Crippen LogP contribution is -2.14. The minimum atomic E-state index is -1.31. The first kappa shape index (κ1) is 11.6. The van der Waals surface area contributed by atoms with E-state index in [-0.39, 0.29) is 5.56 Å². The van der Waals surface area contributed by atoms with Crippen LogP contribution in [0.1, 0.15) is 19.4 Å². The second-order valence-corrected chi connectivity index (χ2v) is 3.56. The van der Waals surface area contributed by atoms with Crippen LogP contribution >= 0.6 is 0 Å². The van der Waals surface area contributed by atoms with E-state index in [0.29, 0.717) is 12.1 Å². The molecular weight excluding hydrogens is 205 g/mol. The number of hydrogen-bond acceptors (Lipinski definition) is 1. The third-order valence-electron chi connectivity index (χ3n) is 1.51. The van der Waals surface area contributed by atoms with Gasteiger partial charge in [0.05, 0.1) is 5.56 Å². The van der Waals surface area contributed by atoms with Crippen molar-refractivity contribution >= 4 is 0 Å². The van der Waals surface area contributed by atoms with Gasteiger partial charge in [-0.05, 0) is 19.9 Å². The molecule has 0 spiro atoms. The molecule has 0 aliphatic rings. The minimum Gasteiger partial charge on any atom is -0.378 e. The van der Waals surface area contributed by atoms with Crippen molar-refractivity contribution in [3.8, 4) is 11.8 Å². The molecule has 0 bridgehead atoms. The Morgan fingerprint density at radius 2 is 1.60 bits per heavy atom. The van der Waals surface area contributed by atoms with E-state index in [1.165, 1.54) is 13.8 Å². The van der Waals surface area contributed by atoms with Crippen LogP contribution in [0, 0.1) is 29.3 Å². The third-order valence-corrected chi connectivity index (χ3v) is 1.51. The highest BCUT2D eigenvalue weighted by Crippen LogP contribution is 2.13. The van der Waals surface area contributed by atoms with Crippen LogP contribution < -0.4 is 0 Å². The van der Waals surface area contributed by atoms with E-state index in [9.17, 15) is 18.3 Å². The minimum absolute atomic E-state index is 0.281. The Kier molecular flexibility index (Phi) is 3.06. The highest BCUT2D eigenvalue weighted by Gasteiger charge is 2.10. The van der Waals surface area contributed by atoms with Gasteiger partial charge in [-0.1, -0.05) is 11.8 Å². The Bertz CT molecular complexity index is 436. The van der Waals surface area contributed by atoms with E-state index in [4.69, 9.17) is 0 Å². The largest absolute Gasteiger partial charge is 0.378 e. The van der Waals surface area contributed by atoms with E-state index in [0.717, 1.165) is 0 Å². The van der Waals surface area contributed by atoms with E-state index in [1.807, 2.05) is 0 Å². The molecule has 1 rings (SSSR count). The quantitative estimate of drug-likeness (QED) is 0.518. The molecule has 0 saturated carbocycles. The Hall–Kier alpha value is -1.47. The molecular formula is C11H9F3O. The molecule has 0 aromatic heterocycles. The predicted octanol–water partition coefficient (Wildman–Crippen LogP) is 2.23. The topological polar surface area (TPSA) is 20.2 Å². The van der Waals surface area contributed by atoms with Gasteiger partial charge in [0.15, 0.2) is 11.6 Å². The molecule has 80 valence electrons. The maximum Gasteiger partial charge on any atom is 0.161 e. The molecule has 0 saturated heterocycles. The third kappa shape index (κ3) is 3.30. The van der Waals surface area contributed by atoms with Gasteiger partial charge in [0, 0.05) is 6.07 Å². The second kappa shape index (κ2) is 3.95. The molecule has 0 aliphatic heterocycles. The molecule has 0 amide bonds. The molecule has 0 unspecified atom stereocenters. The summed E-state index contributed by atoms with van der Waals surface area (Å²) in [5.74, 6) is 1.16. The highest BCUT2D eigenvalue weighted by molar-refractivity contribution is 5.37. The molecule has 1 nitrogen and oxygen atoms in total. The van der Waals surface area contributed by atoms with Crippen LogP contribution in [-0.4, -0.2) is 10.7 Å². The van der Waals surface area contributed by atoms with Gasteiger partial charge in [-0.15, -0.1) is 0 Å². The average Bonchev–Trinajstić information content (AvgIpc) is 2.07. The van der Waals surface area contributed by atoms with Crippen molar-refractivity contribution < 1.29 is 18.3 Å².